The number of carbonyl (C=O) groups is 1. The number of carbonyl (C=O) groups excluding carboxylic acids is 1. The lowest BCUT2D eigenvalue weighted by Gasteiger charge is -2.13. The minimum Gasteiger partial charge on any atom is -0.467 e. The molecular formula is C21H31IN4O3. The van der Waals surface area contributed by atoms with Gasteiger partial charge in [-0.3, -0.25) is 9.79 Å². The zero-order valence-electron chi connectivity index (χ0n) is 17.3. The first-order chi connectivity index (χ1) is 13.6. The van der Waals surface area contributed by atoms with Gasteiger partial charge < -0.3 is 24.7 Å². The van der Waals surface area contributed by atoms with Gasteiger partial charge in [-0.1, -0.05) is 12.1 Å². The number of aliphatic imine (C=N–C) groups is 1. The van der Waals surface area contributed by atoms with Crippen LogP contribution in [0.5, 0.6) is 0 Å². The summed E-state index contributed by atoms with van der Waals surface area (Å²) in [6, 6.07) is 11.5. The molecule has 1 amide bonds. The fourth-order valence-electron chi connectivity index (χ4n) is 2.61. The monoisotopic (exact) mass is 514 g/mol. The second kappa shape index (κ2) is 14.0. The molecule has 0 atom stereocenters. The molecule has 0 fully saturated rings. The SMILES string of the molecule is CN=C(NCCCOCc1ccco1)NCCc1cccc(C(=O)N(C)C)c1.I. The Morgan fingerprint density at radius 3 is 2.66 bits per heavy atom. The van der Waals surface area contributed by atoms with E-state index in [2.05, 4.69) is 15.6 Å². The lowest BCUT2D eigenvalue weighted by molar-refractivity contribution is 0.0827. The van der Waals surface area contributed by atoms with Crippen LogP contribution < -0.4 is 10.6 Å². The van der Waals surface area contributed by atoms with Crippen LogP contribution in [0, 0.1) is 0 Å². The van der Waals surface area contributed by atoms with Gasteiger partial charge >= 0.3 is 0 Å². The van der Waals surface area contributed by atoms with Gasteiger partial charge in [-0.15, -0.1) is 24.0 Å². The average Bonchev–Trinajstić information content (AvgIpc) is 3.22. The number of rotatable bonds is 10. The van der Waals surface area contributed by atoms with E-state index < -0.39 is 0 Å². The summed E-state index contributed by atoms with van der Waals surface area (Å²) < 4.78 is 10.8. The lowest BCUT2D eigenvalue weighted by Crippen LogP contribution is -2.39. The Labute approximate surface area is 189 Å². The number of nitrogens with one attached hydrogen (secondary N) is 2. The van der Waals surface area contributed by atoms with Gasteiger partial charge in [0.1, 0.15) is 12.4 Å². The van der Waals surface area contributed by atoms with Crippen molar-refractivity contribution < 1.29 is 13.9 Å². The van der Waals surface area contributed by atoms with Crippen molar-refractivity contribution in [3.8, 4) is 0 Å². The van der Waals surface area contributed by atoms with Gasteiger partial charge in [-0.2, -0.15) is 0 Å². The van der Waals surface area contributed by atoms with Crippen LogP contribution >= 0.6 is 24.0 Å². The zero-order valence-corrected chi connectivity index (χ0v) is 19.6. The van der Waals surface area contributed by atoms with E-state index in [1.165, 1.54) is 0 Å². The Hall–Kier alpha value is -2.07. The molecule has 0 saturated carbocycles. The molecule has 2 N–H and O–H groups in total. The van der Waals surface area contributed by atoms with Crippen molar-refractivity contribution in [3.05, 3.63) is 59.5 Å². The smallest absolute Gasteiger partial charge is 0.253 e. The van der Waals surface area contributed by atoms with Gasteiger partial charge in [0.2, 0.25) is 0 Å². The molecule has 0 aliphatic heterocycles. The molecule has 29 heavy (non-hydrogen) atoms. The van der Waals surface area contributed by atoms with Gasteiger partial charge in [0.15, 0.2) is 5.96 Å². The van der Waals surface area contributed by atoms with Crippen LogP contribution in [0.15, 0.2) is 52.1 Å². The quantitative estimate of drug-likeness (QED) is 0.221. The van der Waals surface area contributed by atoms with Crippen LogP contribution in [0.2, 0.25) is 0 Å². The Morgan fingerprint density at radius 1 is 1.17 bits per heavy atom. The molecule has 1 heterocycles. The van der Waals surface area contributed by atoms with Crippen molar-refractivity contribution in [3.63, 3.8) is 0 Å². The Morgan fingerprint density at radius 2 is 1.97 bits per heavy atom. The Bertz CT molecular complexity index is 748. The molecule has 1 aromatic carbocycles. The highest BCUT2D eigenvalue weighted by Gasteiger charge is 2.08. The standard InChI is InChI=1S/C21H30N4O3.HI/c1-22-21(23-11-6-13-27-16-19-9-5-14-28-19)24-12-10-17-7-4-8-18(15-17)20(26)25(2)3;/h4-5,7-9,14-15H,6,10-13,16H2,1-3H3,(H2,22,23,24);1H. The summed E-state index contributed by atoms with van der Waals surface area (Å²) in [5.74, 6) is 1.61. The third-order valence-corrected chi connectivity index (χ3v) is 4.09. The van der Waals surface area contributed by atoms with E-state index >= 15 is 0 Å². The van der Waals surface area contributed by atoms with Crippen LogP contribution in [-0.4, -0.2) is 57.6 Å². The number of guanidine groups is 1. The fraction of sp³-hybridized carbons (Fsp3) is 0.429. The summed E-state index contributed by atoms with van der Waals surface area (Å²) in [6.07, 6.45) is 3.32. The Balaban J connectivity index is 0.00000420. The molecule has 0 saturated heterocycles. The van der Waals surface area contributed by atoms with Crippen LogP contribution in [-0.2, 0) is 17.8 Å². The fourth-order valence-corrected chi connectivity index (χ4v) is 2.61. The summed E-state index contributed by atoms with van der Waals surface area (Å²) in [6.45, 7) is 2.64. The highest BCUT2D eigenvalue weighted by Crippen LogP contribution is 2.07. The first kappa shape index (κ1) is 25.0. The summed E-state index contributed by atoms with van der Waals surface area (Å²) in [5, 5.41) is 6.56. The van der Waals surface area contributed by atoms with Gasteiger partial charge in [-0.05, 0) is 42.7 Å². The van der Waals surface area contributed by atoms with Crippen molar-refractivity contribution in [2.24, 2.45) is 4.99 Å². The van der Waals surface area contributed by atoms with Crippen LogP contribution in [0.25, 0.3) is 0 Å². The van der Waals surface area contributed by atoms with E-state index in [0.29, 0.717) is 18.8 Å². The summed E-state index contributed by atoms with van der Waals surface area (Å²) in [7, 11) is 5.27. The van der Waals surface area contributed by atoms with Crippen molar-refractivity contribution in [2.75, 3.05) is 40.8 Å². The van der Waals surface area contributed by atoms with Gasteiger partial charge in [0, 0.05) is 46.4 Å². The van der Waals surface area contributed by atoms with Crippen molar-refractivity contribution in [1.82, 2.24) is 15.5 Å². The van der Waals surface area contributed by atoms with E-state index in [9.17, 15) is 4.79 Å². The highest BCUT2D eigenvalue weighted by atomic mass is 127. The molecule has 7 nitrogen and oxygen atoms in total. The van der Waals surface area contributed by atoms with Crippen LogP contribution in [0.1, 0.15) is 28.1 Å². The highest BCUT2D eigenvalue weighted by molar-refractivity contribution is 14.0. The molecule has 0 unspecified atom stereocenters. The summed E-state index contributed by atoms with van der Waals surface area (Å²) >= 11 is 0. The van der Waals surface area contributed by atoms with Crippen molar-refractivity contribution >= 4 is 35.8 Å². The molecule has 2 rings (SSSR count). The average molecular weight is 514 g/mol. The number of hydrogen-bond donors (Lipinski definition) is 2. The molecule has 0 bridgehead atoms. The van der Waals surface area contributed by atoms with E-state index in [4.69, 9.17) is 9.15 Å². The van der Waals surface area contributed by atoms with E-state index in [1.807, 2.05) is 36.4 Å². The largest absolute Gasteiger partial charge is 0.467 e. The number of ether oxygens (including phenoxy) is 1. The third-order valence-electron chi connectivity index (χ3n) is 4.09. The number of halogens is 1. The maximum absolute atomic E-state index is 12.1. The molecule has 0 aliphatic carbocycles. The van der Waals surface area contributed by atoms with E-state index in [-0.39, 0.29) is 29.9 Å². The number of furan rings is 1. The van der Waals surface area contributed by atoms with Crippen molar-refractivity contribution in [1.29, 1.82) is 0 Å². The molecular weight excluding hydrogens is 483 g/mol. The molecule has 1 aromatic heterocycles. The predicted octanol–water partition coefficient (Wildman–Crippen LogP) is 2.91. The second-order valence-corrected chi connectivity index (χ2v) is 6.56. The molecule has 0 aliphatic rings. The zero-order chi connectivity index (χ0) is 20.2. The number of nitrogens with zero attached hydrogens (tertiary/aromatic N) is 2. The maximum Gasteiger partial charge on any atom is 0.253 e. The summed E-state index contributed by atoms with van der Waals surface area (Å²) in [5.41, 5.74) is 1.82. The number of benzene rings is 1. The van der Waals surface area contributed by atoms with E-state index in [1.54, 1.807) is 32.3 Å². The van der Waals surface area contributed by atoms with Crippen LogP contribution in [0.4, 0.5) is 0 Å². The topological polar surface area (TPSA) is 79.1 Å². The minimum atomic E-state index is 0. The molecule has 160 valence electrons. The number of amides is 1. The normalized spacial score (nSPS) is 10.9. The minimum absolute atomic E-state index is 0. The Kier molecular flexibility index (Phi) is 12.1. The van der Waals surface area contributed by atoms with Crippen molar-refractivity contribution in [2.45, 2.75) is 19.4 Å². The van der Waals surface area contributed by atoms with Gasteiger partial charge in [-0.25, -0.2) is 0 Å². The maximum atomic E-state index is 12.1. The first-order valence-electron chi connectivity index (χ1n) is 9.45. The van der Waals surface area contributed by atoms with Gasteiger partial charge in [0.05, 0.1) is 6.26 Å². The van der Waals surface area contributed by atoms with Gasteiger partial charge in [0.25, 0.3) is 5.91 Å². The van der Waals surface area contributed by atoms with E-state index in [0.717, 1.165) is 43.2 Å². The van der Waals surface area contributed by atoms with Crippen LogP contribution in [0.3, 0.4) is 0 Å². The first-order valence-corrected chi connectivity index (χ1v) is 9.45. The molecule has 2 aromatic rings. The summed E-state index contributed by atoms with van der Waals surface area (Å²) in [4.78, 5) is 17.9. The predicted molar refractivity (Wildman–Crippen MR) is 126 cm³/mol. The third kappa shape index (κ3) is 9.31. The molecule has 0 spiro atoms. The number of hydrogen-bond acceptors (Lipinski definition) is 4. The molecule has 8 heteroatoms. The molecule has 0 radical (unpaired) electrons. The second-order valence-electron chi connectivity index (χ2n) is 6.56. The lowest BCUT2D eigenvalue weighted by atomic mass is 10.1.